The predicted octanol–water partition coefficient (Wildman–Crippen LogP) is 9.42. The average Bonchev–Trinajstić information content (AvgIpc) is 3.81. The van der Waals surface area contributed by atoms with E-state index in [4.69, 9.17) is 4.79 Å². The van der Waals surface area contributed by atoms with Crippen LogP contribution in [0.2, 0.25) is 0 Å². The molecule has 6 heteroatoms. The summed E-state index contributed by atoms with van der Waals surface area (Å²) < 4.78 is 14.6. The van der Waals surface area contributed by atoms with Crippen LogP contribution in [0.3, 0.4) is 0 Å². The van der Waals surface area contributed by atoms with E-state index in [9.17, 15) is 9.18 Å². The molecule has 2 aliphatic heterocycles. The molecule has 0 radical (unpaired) electrons. The summed E-state index contributed by atoms with van der Waals surface area (Å²) in [6.45, 7) is 20.3. The van der Waals surface area contributed by atoms with Crippen molar-refractivity contribution in [3.63, 3.8) is 0 Å². The van der Waals surface area contributed by atoms with Crippen molar-refractivity contribution in [1.82, 2.24) is 9.88 Å². The summed E-state index contributed by atoms with van der Waals surface area (Å²) in [5, 5.41) is 2.92. The number of H-pyrrole nitrogens is 1. The first-order chi connectivity index (χ1) is 21.6. The molecule has 0 bridgehead atoms. The van der Waals surface area contributed by atoms with Gasteiger partial charge in [0.1, 0.15) is 12.6 Å². The zero-order valence-corrected chi connectivity index (χ0v) is 26.6. The number of fused-ring (bicyclic) bond motifs is 1. The van der Waals surface area contributed by atoms with E-state index < -0.39 is 0 Å². The number of hydrogen-bond donors (Lipinski definition) is 2. The van der Waals surface area contributed by atoms with Crippen LogP contribution in [0.25, 0.3) is 33.9 Å². The Hall–Kier alpha value is -4.55. The van der Waals surface area contributed by atoms with Crippen molar-refractivity contribution in [3.8, 4) is 22.3 Å². The molecule has 1 amide bonds. The van der Waals surface area contributed by atoms with E-state index in [0.717, 1.165) is 27.9 Å². The molecule has 2 aliphatic rings. The van der Waals surface area contributed by atoms with Crippen LogP contribution in [0.1, 0.15) is 56.9 Å². The minimum Gasteiger partial charge on any atom is -0.361 e. The number of carbonyl (C=O) groups is 2. The highest BCUT2D eigenvalue weighted by Crippen LogP contribution is 2.42. The second kappa shape index (κ2) is 18.9. The van der Waals surface area contributed by atoms with Gasteiger partial charge >= 0.3 is 0 Å². The number of carbonyl (C=O) groups excluding carboxylic acids is 2. The molecule has 1 aromatic heterocycles. The number of nitrogens with one attached hydrogen (secondary N) is 2. The van der Waals surface area contributed by atoms with Gasteiger partial charge in [-0.05, 0) is 80.7 Å². The molecule has 0 atom stereocenters. The minimum absolute atomic E-state index is 0.194. The first-order valence-corrected chi connectivity index (χ1v) is 15.2. The summed E-state index contributed by atoms with van der Waals surface area (Å²) in [7, 11) is 0. The minimum atomic E-state index is -0.315. The molecule has 6 rings (SSSR count). The number of benzene rings is 3. The third kappa shape index (κ3) is 8.74. The first-order valence-electron chi connectivity index (χ1n) is 15.2. The molecule has 232 valence electrons. The summed E-state index contributed by atoms with van der Waals surface area (Å²) in [6, 6.07) is 22.2. The average molecular weight is 596 g/mol. The normalized spacial score (nSPS) is 13.9. The van der Waals surface area contributed by atoms with Crippen molar-refractivity contribution in [2.45, 2.75) is 47.0 Å². The van der Waals surface area contributed by atoms with E-state index in [1.165, 1.54) is 45.0 Å². The SMILES string of the molecule is C=C.C=O.CC.CCCN1CCCC1.Cc1c[nH]c(/C=C2\C(=O)Nc3cccc(-c4ccccc4F)c32)c1-c1ccccc1. The zero-order valence-electron chi connectivity index (χ0n) is 26.6. The molecule has 0 spiro atoms. The first kappa shape index (κ1) is 35.6. The molecule has 2 N–H and O–H groups in total. The Kier molecular flexibility index (Phi) is 15.3. The molecule has 1 fully saturated rings. The lowest BCUT2D eigenvalue weighted by Gasteiger charge is -2.11. The lowest BCUT2D eigenvalue weighted by atomic mass is 9.93. The Balaban J connectivity index is 0.000000408. The van der Waals surface area contributed by atoms with Crippen LogP contribution in [0.4, 0.5) is 10.1 Å². The Morgan fingerprint density at radius 3 is 2.11 bits per heavy atom. The number of aromatic amines is 1. The zero-order chi connectivity index (χ0) is 32.5. The van der Waals surface area contributed by atoms with Gasteiger partial charge in [-0.3, -0.25) is 4.79 Å². The van der Waals surface area contributed by atoms with Crippen molar-refractivity contribution in [3.05, 3.63) is 115 Å². The van der Waals surface area contributed by atoms with E-state index in [0.29, 0.717) is 22.4 Å². The van der Waals surface area contributed by atoms with Gasteiger partial charge in [-0.1, -0.05) is 81.4 Å². The lowest BCUT2D eigenvalue weighted by molar-refractivity contribution is -0.110. The maximum absolute atomic E-state index is 14.6. The van der Waals surface area contributed by atoms with E-state index in [2.05, 4.69) is 35.3 Å². The number of rotatable bonds is 5. The number of hydrogen-bond acceptors (Lipinski definition) is 3. The van der Waals surface area contributed by atoms with Crippen molar-refractivity contribution < 1.29 is 14.0 Å². The van der Waals surface area contributed by atoms with Crippen LogP contribution in [0.5, 0.6) is 0 Å². The largest absolute Gasteiger partial charge is 0.361 e. The number of aryl methyl sites for hydroxylation is 1. The maximum atomic E-state index is 14.6. The summed E-state index contributed by atoms with van der Waals surface area (Å²) in [4.78, 5) is 26.7. The summed E-state index contributed by atoms with van der Waals surface area (Å²) in [5.74, 6) is -0.509. The highest BCUT2D eigenvalue weighted by Gasteiger charge is 2.28. The lowest BCUT2D eigenvalue weighted by Crippen LogP contribution is -2.19. The van der Waals surface area contributed by atoms with Crippen molar-refractivity contribution >= 4 is 30.0 Å². The molecular formula is C38H46FN3O2. The van der Waals surface area contributed by atoms with Gasteiger partial charge < -0.3 is 20.0 Å². The Labute approximate surface area is 262 Å². The Bertz CT molecular complexity index is 1490. The van der Waals surface area contributed by atoms with Gasteiger partial charge in [0.2, 0.25) is 0 Å². The number of anilines is 1. The van der Waals surface area contributed by atoms with Gasteiger partial charge in [0.05, 0.1) is 5.57 Å². The summed E-state index contributed by atoms with van der Waals surface area (Å²) >= 11 is 0. The molecule has 44 heavy (non-hydrogen) atoms. The van der Waals surface area contributed by atoms with Crippen molar-refractivity contribution in [1.29, 1.82) is 0 Å². The highest BCUT2D eigenvalue weighted by atomic mass is 19.1. The van der Waals surface area contributed by atoms with Crippen LogP contribution in [-0.4, -0.2) is 42.2 Å². The molecule has 4 aromatic rings. The van der Waals surface area contributed by atoms with Gasteiger partial charge in [-0.15, -0.1) is 13.2 Å². The Morgan fingerprint density at radius 1 is 0.864 bits per heavy atom. The van der Waals surface area contributed by atoms with Crippen LogP contribution in [0, 0.1) is 12.7 Å². The summed E-state index contributed by atoms with van der Waals surface area (Å²) in [6.07, 6.45) is 7.98. The Morgan fingerprint density at radius 2 is 1.48 bits per heavy atom. The molecule has 3 heterocycles. The predicted molar refractivity (Wildman–Crippen MR) is 185 cm³/mol. The number of nitrogens with zero attached hydrogens (tertiary/aromatic N) is 1. The standard InChI is InChI=1S/C26H19FN2O.C7H15N.C2H6.C2H4.CH2O/c1-16-15-28-23(24(16)17-8-3-2-4-9-17)14-20-25-19(18-10-5-6-12-21(18)27)11-7-13-22(25)29-26(20)30;1-2-5-8-6-3-4-7-8;3*1-2/h2-15,28H,1H3,(H,29,30);2-7H2,1H3;1-2H3;1-2H2;1H2/b20-14-;;;;. The monoisotopic (exact) mass is 595 g/mol. The number of aromatic nitrogens is 1. The van der Waals surface area contributed by atoms with Crippen LogP contribution < -0.4 is 5.32 Å². The van der Waals surface area contributed by atoms with Crippen molar-refractivity contribution in [2.24, 2.45) is 0 Å². The molecular weight excluding hydrogens is 549 g/mol. The third-order valence-corrected chi connectivity index (χ3v) is 7.19. The van der Waals surface area contributed by atoms with E-state index in [-0.39, 0.29) is 11.7 Å². The molecule has 0 saturated carbocycles. The quantitative estimate of drug-likeness (QED) is 0.178. The number of likely N-dealkylation sites (tertiary alicyclic amines) is 1. The fourth-order valence-corrected chi connectivity index (χ4v) is 5.40. The second-order valence-electron chi connectivity index (χ2n) is 9.90. The molecule has 5 nitrogen and oxygen atoms in total. The molecule has 3 aromatic carbocycles. The highest BCUT2D eigenvalue weighted by molar-refractivity contribution is 6.36. The van der Waals surface area contributed by atoms with Crippen LogP contribution in [0.15, 0.2) is 92.2 Å². The van der Waals surface area contributed by atoms with Crippen LogP contribution >= 0.6 is 0 Å². The van der Waals surface area contributed by atoms with Gasteiger partial charge in [0.25, 0.3) is 5.91 Å². The fourth-order valence-electron chi connectivity index (χ4n) is 5.40. The van der Waals surface area contributed by atoms with Gasteiger partial charge in [0, 0.05) is 34.3 Å². The van der Waals surface area contributed by atoms with Crippen LogP contribution in [-0.2, 0) is 9.59 Å². The van der Waals surface area contributed by atoms with E-state index in [1.807, 2.05) is 88.4 Å². The topological polar surface area (TPSA) is 65.2 Å². The fraction of sp³-hybridized carbons (Fsp3) is 0.263. The molecule has 1 saturated heterocycles. The van der Waals surface area contributed by atoms with E-state index >= 15 is 0 Å². The summed E-state index contributed by atoms with van der Waals surface area (Å²) in [5.41, 5.74) is 7.16. The smallest absolute Gasteiger partial charge is 0.256 e. The number of halogens is 1. The van der Waals surface area contributed by atoms with Gasteiger partial charge in [-0.2, -0.15) is 0 Å². The third-order valence-electron chi connectivity index (χ3n) is 7.19. The second-order valence-corrected chi connectivity index (χ2v) is 9.90. The number of amides is 1. The maximum Gasteiger partial charge on any atom is 0.256 e. The van der Waals surface area contributed by atoms with Gasteiger partial charge in [0.15, 0.2) is 0 Å². The molecule has 0 unspecified atom stereocenters. The van der Waals surface area contributed by atoms with E-state index in [1.54, 1.807) is 18.2 Å². The molecule has 0 aliphatic carbocycles. The van der Waals surface area contributed by atoms with Crippen molar-refractivity contribution in [2.75, 3.05) is 25.0 Å². The van der Waals surface area contributed by atoms with Gasteiger partial charge in [-0.25, -0.2) is 4.39 Å².